The average Bonchev–Trinajstić information content (AvgIpc) is 3.53. The fourth-order valence-corrected chi connectivity index (χ4v) is 9.02. The lowest BCUT2D eigenvalue weighted by atomic mass is 9.76. The van der Waals surface area contributed by atoms with Gasteiger partial charge in [-0.15, -0.1) is 0 Å². The minimum Gasteiger partial charge on any atom is -0.497 e. The van der Waals surface area contributed by atoms with Gasteiger partial charge in [0.1, 0.15) is 17.3 Å². The number of ether oxygens (including phenoxy) is 2. The molecular formula is C44H38BBr2F2IO4. The molecule has 0 saturated heterocycles. The third-order valence-electron chi connectivity index (χ3n) is 10.3. The first-order valence-corrected chi connectivity index (χ1v) is 19.8. The summed E-state index contributed by atoms with van der Waals surface area (Å²) in [5, 5.41) is 19.0. The highest BCUT2D eigenvalue weighted by Crippen LogP contribution is 2.52. The maximum absolute atomic E-state index is 14.7. The smallest absolute Gasteiger partial charge is 0.492 e. The Morgan fingerprint density at radius 3 is 1.50 bits per heavy atom. The maximum atomic E-state index is 14.7. The number of hydrogen-bond acceptors (Lipinski definition) is 4. The molecule has 0 aliphatic heterocycles. The van der Waals surface area contributed by atoms with Crippen LogP contribution in [0.1, 0.15) is 49.9 Å². The molecule has 6 aromatic rings. The summed E-state index contributed by atoms with van der Waals surface area (Å²) in [6, 6.07) is 35.1. The molecule has 0 atom stereocenters. The highest BCUT2D eigenvalue weighted by atomic mass is 127. The zero-order valence-electron chi connectivity index (χ0n) is 30.6. The van der Waals surface area contributed by atoms with Gasteiger partial charge in [-0.1, -0.05) is 100 Å². The molecule has 8 rings (SSSR count). The Hall–Kier alpha value is -3.55. The van der Waals surface area contributed by atoms with Crippen LogP contribution in [-0.2, 0) is 10.8 Å². The van der Waals surface area contributed by atoms with Crippen molar-refractivity contribution in [3.63, 3.8) is 0 Å². The Morgan fingerprint density at radius 2 is 1.00 bits per heavy atom. The molecule has 276 valence electrons. The van der Waals surface area contributed by atoms with E-state index in [2.05, 4.69) is 102 Å². The van der Waals surface area contributed by atoms with Gasteiger partial charge in [0.2, 0.25) is 0 Å². The predicted molar refractivity (Wildman–Crippen MR) is 231 cm³/mol. The second-order valence-electron chi connectivity index (χ2n) is 14.1. The van der Waals surface area contributed by atoms with Crippen molar-refractivity contribution in [3.05, 3.63) is 156 Å². The first-order valence-electron chi connectivity index (χ1n) is 17.2. The first kappa shape index (κ1) is 40.1. The summed E-state index contributed by atoms with van der Waals surface area (Å²) in [6.07, 6.45) is 0. The SMILES string of the molecule is COc1cc2c(cc1-c1cccc(Br)c1F)-c1ccccc1C2(C)C.COc1cc2c(cc1B(O)O)-c1ccccc1C2(C)C.Fc1c(Br)cccc1I. The van der Waals surface area contributed by atoms with Gasteiger partial charge in [0.25, 0.3) is 0 Å². The molecule has 0 saturated carbocycles. The van der Waals surface area contributed by atoms with Crippen molar-refractivity contribution in [1.82, 2.24) is 0 Å². The lowest BCUT2D eigenvalue weighted by molar-refractivity contribution is 0.402. The van der Waals surface area contributed by atoms with Crippen LogP contribution >= 0.6 is 54.5 Å². The van der Waals surface area contributed by atoms with E-state index in [1.807, 2.05) is 59.0 Å². The summed E-state index contributed by atoms with van der Waals surface area (Å²) in [5.74, 6) is 0.751. The van der Waals surface area contributed by atoms with E-state index in [9.17, 15) is 18.8 Å². The van der Waals surface area contributed by atoms with Crippen LogP contribution in [0.5, 0.6) is 11.5 Å². The molecule has 0 fully saturated rings. The van der Waals surface area contributed by atoms with Gasteiger partial charge in [-0.2, -0.15) is 0 Å². The molecule has 0 unspecified atom stereocenters. The normalized spacial score (nSPS) is 13.6. The molecule has 0 bridgehead atoms. The van der Waals surface area contributed by atoms with Crippen molar-refractivity contribution in [1.29, 1.82) is 0 Å². The zero-order valence-corrected chi connectivity index (χ0v) is 35.9. The van der Waals surface area contributed by atoms with Crippen LogP contribution in [0.15, 0.2) is 118 Å². The Morgan fingerprint density at radius 1 is 0.537 bits per heavy atom. The summed E-state index contributed by atoms with van der Waals surface area (Å²) in [6.45, 7) is 8.78. The summed E-state index contributed by atoms with van der Waals surface area (Å²) >= 11 is 8.29. The third kappa shape index (κ3) is 7.28. The van der Waals surface area contributed by atoms with Gasteiger partial charge in [0, 0.05) is 31.0 Å². The Bertz CT molecular complexity index is 2360. The summed E-state index contributed by atoms with van der Waals surface area (Å²) in [4.78, 5) is 0. The standard InChI is InChI=1S/C22H18BrFO.C16H17BO3.C6H3BrFI/c1-22(2)17-9-5-4-7-13(17)15-11-16(20(25-3)12-18(15)22)14-8-6-10-19(23)21(14)24;1-16(2)12-7-5-4-6-10(12)11-8-14(17(18)19)15(20-3)9-13(11)16;7-4-2-1-3-5(9)6(4)8/h4-12H,1-3H3;4-9,18-19H,1-3H3;1-3H. The molecule has 2 aliphatic rings. The highest BCUT2D eigenvalue weighted by Gasteiger charge is 2.38. The van der Waals surface area contributed by atoms with Crippen molar-refractivity contribution < 1.29 is 28.3 Å². The van der Waals surface area contributed by atoms with E-state index in [0.717, 1.165) is 27.8 Å². The van der Waals surface area contributed by atoms with E-state index >= 15 is 0 Å². The molecule has 2 N–H and O–H groups in total. The highest BCUT2D eigenvalue weighted by molar-refractivity contribution is 14.1. The van der Waals surface area contributed by atoms with Crippen LogP contribution < -0.4 is 14.9 Å². The van der Waals surface area contributed by atoms with E-state index in [1.54, 1.807) is 44.6 Å². The summed E-state index contributed by atoms with van der Waals surface area (Å²) < 4.78 is 39.9. The fourth-order valence-electron chi connectivity index (χ4n) is 7.42. The van der Waals surface area contributed by atoms with E-state index in [-0.39, 0.29) is 22.5 Å². The molecule has 0 amide bonds. The molecule has 2 aliphatic carbocycles. The van der Waals surface area contributed by atoms with Crippen molar-refractivity contribution in [2.24, 2.45) is 0 Å². The molecule has 4 nitrogen and oxygen atoms in total. The van der Waals surface area contributed by atoms with Gasteiger partial charge in [-0.05, 0) is 135 Å². The van der Waals surface area contributed by atoms with Crippen molar-refractivity contribution in [3.8, 4) is 44.9 Å². The minimum absolute atomic E-state index is 0.104. The molecule has 0 heterocycles. The molecule has 10 heteroatoms. The van der Waals surface area contributed by atoms with Gasteiger partial charge in [-0.25, -0.2) is 8.78 Å². The number of halogens is 5. The summed E-state index contributed by atoms with van der Waals surface area (Å²) in [7, 11) is 1.64. The molecular weight excluding hydrogens is 928 g/mol. The topological polar surface area (TPSA) is 58.9 Å². The Kier molecular flexibility index (Phi) is 11.8. The van der Waals surface area contributed by atoms with Gasteiger partial charge >= 0.3 is 7.12 Å². The second kappa shape index (κ2) is 15.9. The summed E-state index contributed by atoms with van der Waals surface area (Å²) in [5.41, 5.74) is 11.0. The van der Waals surface area contributed by atoms with E-state index in [1.165, 1.54) is 22.3 Å². The average molecular weight is 966 g/mol. The molecule has 54 heavy (non-hydrogen) atoms. The van der Waals surface area contributed by atoms with Crippen molar-refractivity contribution >= 4 is 67.0 Å². The monoisotopic (exact) mass is 964 g/mol. The minimum atomic E-state index is -1.54. The van der Waals surface area contributed by atoms with Crippen LogP contribution in [0.4, 0.5) is 8.78 Å². The zero-order chi connectivity index (χ0) is 39.1. The lowest BCUT2D eigenvalue weighted by Gasteiger charge is -2.22. The molecule has 0 aromatic heterocycles. The van der Waals surface area contributed by atoms with Crippen LogP contribution in [0.3, 0.4) is 0 Å². The maximum Gasteiger partial charge on any atom is 0.492 e. The Balaban J connectivity index is 0.000000153. The number of rotatable bonds is 4. The van der Waals surface area contributed by atoms with Gasteiger partial charge < -0.3 is 19.5 Å². The number of methoxy groups -OCH3 is 2. The largest absolute Gasteiger partial charge is 0.497 e. The lowest BCUT2D eigenvalue weighted by Crippen LogP contribution is -2.31. The predicted octanol–water partition coefficient (Wildman–Crippen LogP) is 11.4. The van der Waals surface area contributed by atoms with Crippen LogP contribution in [-0.4, -0.2) is 31.4 Å². The molecule has 6 aromatic carbocycles. The molecule has 0 spiro atoms. The first-order chi connectivity index (χ1) is 25.6. The Labute approximate surface area is 346 Å². The number of hydrogen-bond donors (Lipinski definition) is 2. The molecule has 0 radical (unpaired) electrons. The van der Waals surface area contributed by atoms with E-state index in [0.29, 0.717) is 35.0 Å². The number of benzene rings is 6. The van der Waals surface area contributed by atoms with E-state index in [4.69, 9.17) is 9.47 Å². The van der Waals surface area contributed by atoms with Gasteiger partial charge in [0.15, 0.2) is 5.82 Å². The van der Waals surface area contributed by atoms with Crippen LogP contribution in [0.25, 0.3) is 33.4 Å². The van der Waals surface area contributed by atoms with Gasteiger partial charge in [0.05, 0.1) is 23.2 Å². The van der Waals surface area contributed by atoms with Gasteiger partial charge in [-0.3, -0.25) is 0 Å². The number of fused-ring (bicyclic) bond motifs is 6. The van der Waals surface area contributed by atoms with E-state index < -0.39 is 7.12 Å². The second-order valence-corrected chi connectivity index (χ2v) is 17.0. The third-order valence-corrected chi connectivity index (χ3v) is 12.3. The quantitative estimate of drug-likeness (QED) is 0.105. The van der Waals surface area contributed by atoms with Crippen LogP contribution in [0, 0.1) is 15.2 Å². The van der Waals surface area contributed by atoms with Crippen molar-refractivity contribution in [2.75, 3.05) is 14.2 Å². The van der Waals surface area contributed by atoms with Crippen LogP contribution in [0.2, 0.25) is 0 Å². The van der Waals surface area contributed by atoms with Crippen molar-refractivity contribution in [2.45, 2.75) is 38.5 Å². The fraction of sp³-hybridized carbons (Fsp3) is 0.182.